The van der Waals surface area contributed by atoms with Crippen LogP contribution in [0.25, 0.3) is 0 Å². The van der Waals surface area contributed by atoms with E-state index in [-0.39, 0.29) is 24.4 Å². The molecule has 0 aromatic heterocycles. The number of piperidine rings is 1. The Morgan fingerprint density at radius 3 is 2.56 bits per heavy atom. The van der Waals surface area contributed by atoms with Crippen molar-refractivity contribution in [2.75, 3.05) is 18.5 Å². The average Bonchev–Trinajstić information content (AvgIpc) is 2.96. The van der Waals surface area contributed by atoms with Crippen LogP contribution in [0.1, 0.15) is 50.5 Å². The van der Waals surface area contributed by atoms with Crippen molar-refractivity contribution in [1.82, 2.24) is 5.32 Å². The third-order valence-corrected chi connectivity index (χ3v) is 5.97. The van der Waals surface area contributed by atoms with Gasteiger partial charge in [-0.15, -0.1) is 12.4 Å². The molecule has 2 bridgehead atoms. The van der Waals surface area contributed by atoms with Crippen molar-refractivity contribution < 1.29 is 14.3 Å². The van der Waals surface area contributed by atoms with Crippen LogP contribution in [0.2, 0.25) is 0 Å². The third kappa shape index (κ3) is 5.37. The second-order valence-corrected chi connectivity index (χ2v) is 8.14. The van der Waals surface area contributed by atoms with E-state index in [9.17, 15) is 4.79 Å². The lowest BCUT2D eigenvalue weighted by atomic mass is 9.89. The van der Waals surface area contributed by atoms with Gasteiger partial charge >= 0.3 is 0 Å². The molecule has 3 saturated heterocycles. The fraction of sp³-hybridized carbons (Fsp3) is 0.667. The van der Waals surface area contributed by atoms with Crippen molar-refractivity contribution in [2.45, 2.75) is 70.1 Å². The Bertz CT molecular complexity index is 636. The molecule has 3 heterocycles. The van der Waals surface area contributed by atoms with E-state index < -0.39 is 0 Å². The predicted octanol–water partition coefficient (Wildman–Crippen LogP) is 3.83. The number of amides is 1. The molecule has 6 heteroatoms. The molecule has 5 nitrogen and oxygen atoms in total. The Kier molecular flexibility index (Phi) is 7.01. The minimum atomic E-state index is 0. The van der Waals surface area contributed by atoms with Gasteiger partial charge in [-0.25, -0.2) is 0 Å². The first kappa shape index (κ1) is 20.4. The molecule has 4 rings (SSSR count). The maximum Gasteiger partial charge on any atom is 0.224 e. The molecule has 1 aromatic carbocycles. The summed E-state index contributed by atoms with van der Waals surface area (Å²) in [6, 6.07) is 7.21. The Hall–Kier alpha value is -1.30. The van der Waals surface area contributed by atoms with Crippen molar-refractivity contribution in [3.05, 3.63) is 23.8 Å². The molecule has 27 heavy (non-hydrogen) atoms. The quantitative estimate of drug-likeness (QED) is 0.796. The number of ether oxygens (including phenoxy) is 2. The molecule has 1 amide bonds. The van der Waals surface area contributed by atoms with E-state index in [1.807, 2.05) is 25.1 Å². The average molecular weight is 395 g/mol. The van der Waals surface area contributed by atoms with Crippen molar-refractivity contribution in [1.29, 1.82) is 0 Å². The fourth-order valence-corrected chi connectivity index (χ4v) is 4.65. The summed E-state index contributed by atoms with van der Waals surface area (Å²) >= 11 is 0. The number of hydrogen-bond acceptors (Lipinski definition) is 4. The number of halogens is 1. The summed E-state index contributed by atoms with van der Waals surface area (Å²) in [7, 11) is 0. The molecule has 3 fully saturated rings. The zero-order chi connectivity index (χ0) is 17.9. The van der Waals surface area contributed by atoms with Crippen LogP contribution in [0, 0.1) is 12.8 Å². The topological polar surface area (TPSA) is 59.6 Å². The Morgan fingerprint density at radius 1 is 1.19 bits per heavy atom. The van der Waals surface area contributed by atoms with Gasteiger partial charge in [0.15, 0.2) is 0 Å². The zero-order valence-corrected chi connectivity index (χ0v) is 16.9. The van der Waals surface area contributed by atoms with E-state index in [0.29, 0.717) is 24.4 Å². The first-order chi connectivity index (χ1) is 12.7. The van der Waals surface area contributed by atoms with Crippen LogP contribution in [0.4, 0.5) is 5.69 Å². The highest BCUT2D eigenvalue weighted by atomic mass is 35.5. The standard InChI is InChI=1S/C21H30N2O3.ClH/c1-14-10-16(4-5-20(14)26-19-6-8-25-9-7-19)23-21(24)13-15-11-17-2-3-18(12-15)22-17;/h4-5,10,15,17-19,22H,2-3,6-9,11-13H2,1H3,(H,23,24);1H. The number of anilines is 1. The van der Waals surface area contributed by atoms with Crippen LogP contribution in [-0.2, 0) is 9.53 Å². The van der Waals surface area contributed by atoms with Crippen molar-refractivity contribution in [3.63, 3.8) is 0 Å². The van der Waals surface area contributed by atoms with Gasteiger partial charge in [-0.2, -0.15) is 0 Å². The second-order valence-electron chi connectivity index (χ2n) is 8.14. The van der Waals surface area contributed by atoms with Gasteiger partial charge in [-0.1, -0.05) is 0 Å². The van der Waals surface area contributed by atoms with Gasteiger partial charge in [0.2, 0.25) is 5.91 Å². The molecule has 150 valence electrons. The number of carbonyl (C=O) groups excluding carboxylic acids is 1. The summed E-state index contributed by atoms with van der Waals surface area (Å²) in [5, 5.41) is 6.71. The minimum absolute atomic E-state index is 0. The third-order valence-electron chi connectivity index (χ3n) is 5.97. The smallest absolute Gasteiger partial charge is 0.224 e. The maximum absolute atomic E-state index is 12.5. The summed E-state index contributed by atoms with van der Waals surface area (Å²) in [6.45, 7) is 3.58. The summed E-state index contributed by atoms with van der Waals surface area (Å²) in [5.41, 5.74) is 1.93. The highest BCUT2D eigenvalue weighted by molar-refractivity contribution is 5.91. The Labute approximate surface area is 168 Å². The summed E-state index contributed by atoms with van der Waals surface area (Å²) < 4.78 is 11.5. The van der Waals surface area contributed by atoms with Gasteiger partial charge in [0.05, 0.1) is 13.2 Å². The van der Waals surface area contributed by atoms with E-state index in [2.05, 4.69) is 10.6 Å². The molecule has 0 radical (unpaired) electrons. The van der Waals surface area contributed by atoms with Crippen molar-refractivity contribution in [2.24, 2.45) is 5.92 Å². The van der Waals surface area contributed by atoms with Gasteiger partial charge < -0.3 is 20.1 Å². The molecule has 0 spiro atoms. The van der Waals surface area contributed by atoms with Gasteiger partial charge in [0.25, 0.3) is 0 Å². The summed E-state index contributed by atoms with van der Waals surface area (Å²) in [5.74, 6) is 1.56. The van der Waals surface area contributed by atoms with Gasteiger partial charge in [-0.3, -0.25) is 4.79 Å². The number of carbonyl (C=O) groups is 1. The van der Waals surface area contributed by atoms with E-state index in [4.69, 9.17) is 9.47 Å². The molecule has 3 aliphatic heterocycles. The van der Waals surface area contributed by atoms with Crippen LogP contribution in [0.5, 0.6) is 5.75 Å². The monoisotopic (exact) mass is 394 g/mol. The lowest BCUT2D eigenvalue weighted by Gasteiger charge is -2.28. The normalized spacial score (nSPS) is 27.7. The lowest BCUT2D eigenvalue weighted by molar-refractivity contribution is -0.117. The molecule has 0 aliphatic carbocycles. The highest BCUT2D eigenvalue weighted by Gasteiger charge is 2.34. The van der Waals surface area contributed by atoms with E-state index in [1.54, 1.807) is 0 Å². The number of aryl methyl sites for hydroxylation is 1. The van der Waals surface area contributed by atoms with Crippen LogP contribution in [0.15, 0.2) is 18.2 Å². The van der Waals surface area contributed by atoms with E-state index in [0.717, 1.165) is 55.9 Å². The fourth-order valence-electron chi connectivity index (χ4n) is 4.65. The van der Waals surface area contributed by atoms with Crippen LogP contribution in [-0.4, -0.2) is 37.3 Å². The molecule has 2 unspecified atom stereocenters. The van der Waals surface area contributed by atoms with Crippen LogP contribution in [0.3, 0.4) is 0 Å². The minimum Gasteiger partial charge on any atom is -0.490 e. The van der Waals surface area contributed by atoms with Gasteiger partial charge in [-0.05, 0) is 62.3 Å². The molecular formula is C21H31ClN2O3. The second kappa shape index (κ2) is 9.26. The van der Waals surface area contributed by atoms with E-state index >= 15 is 0 Å². The number of rotatable bonds is 5. The molecule has 1 aromatic rings. The van der Waals surface area contributed by atoms with Gasteiger partial charge in [0, 0.05) is 37.0 Å². The largest absolute Gasteiger partial charge is 0.490 e. The first-order valence-electron chi connectivity index (χ1n) is 10.1. The first-order valence-corrected chi connectivity index (χ1v) is 10.1. The number of nitrogens with one attached hydrogen (secondary N) is 2. The Balaban J connectivity index is 0.00000210. The summed E-state index contributed by atoms with van der Waals surface area (Å²) in [6.07, 6.45) is 7.58. The maximum atomic E-state index is 12.5. The van der Waals surface area contributed by atoms with Crippen molar-refractivity contribution in [3.8, 4) is 5.75 Å². The van der Waals surface area contributed by atoms with Crippen molar-refractivity contribution >= 4 is 24.0 Å². The zero-order valence-electron chi connectivity index (χ0n) is 16.0. The van der Waals surface area contributed by atoms with E-state index in [1.165, 1.54) is 12.8 Å². The highest BCUT2D eigenvalue weighted by Crippen LogP contribution is 2.33. The number of fused-ring (bicyclic) bond motifs is 2. The van der Waals surface area contributed by atoms with Crippen LogP contribution < -0.4 is 15.4 Å². The van der Waals surface area contributed by atoms with Crippen LogP contribution >= 0.6 is 12.4 Å². The molecule has 0 saturated carbocycles. The SMILES string of the molecule is Cc1cc(NC(=O)CC2CC3CCC(C2)N3)ccc1OC1CCOCC1.Cl. The lowest BCUT2D eigenvalue weighted by Crippen LogP contribution is -2.39. The molecule has 3 aliphatic rings. The Morgan fingerprint density at radius 2 is 1.89 bits per heavy atom. The molecular weight excluding hydrogens is 364 g/mol. The number of hydrogen-bond donors (Lipinski definition) is 2. The van der Waals surface area contributed by atoms with Gasteiger partial charge in [0.1, 0.15) is 11.9 Å². The predicted molar refractivity (Wildman–Crippen MR) is 109 cm³/mol. The summed E-state index contributed by atoms with van der Waals surface area (Å²) in [4.78, 5) is 12.5. The molecule has 2 N–H and O–H groups in total. The molecule has 2 atom stereocenters. The number of benzene rings is 1.